The quantitative estimate of drug-likeness (QED) is 0.843. The summed E-state index contributed by atoms with van der Waals surface area (Å²) in [5, 5.41) is 8.67. The van der Waals surface area contributed by atoms with Crippen molar-refractivity contribution in [2.75, 3.05) is 0 Å². The van der Waals surface area contributed by atoms with E-state index in [4.69, 9.17) is 11.6 Å². The Morgan fingerprint density at radius 2 is 1.93 bits per heavy atom. The third-order valence-electron chi connectivity index (χ3n) is 1.97. The average molecular weight is 284 g/mol. The Balaban J connectivity index is 2.18. The van der Waals surface area contributed by atoms with Gasteiger partial charge in [-0.1, -0.05) is 23.7 Å². The normalized spacial score (nSPS) is 10.3. The number of halogens is 2. The summed E-state index contributed by atoms with van der Waals surface area (Å²) in [6.07, 6.45) is 2.44. The first-order chi connectivity index (χ1) is 7.24. The molecule has 0 atom stereocenters. The Hall–Kier alpha value is -0.930. The highest BCUT2D eigenvalue weighted by Gasteiger charge is 1.99. The van der Waals surface area contributed by atoms with E-state index in [0.717, 1.165) is 21.6 Å². The van der Waals surface area contributed by atoms with Crippen molar-refractivity contribution in [2.45, 2.75) is 6.42 Å². The second kappa shape index (κ2) is 4.73. The van der Waals surface area contributed by atoms with Crippen LogP contribution >= 0.6 is 27.5 Å². The molecule has 0 fully saturated rings. The molecule has 0 saturated heterocycles. The van der Waals surface area contributed by atoms with Crippen LogP contribution in [0.25, 0.3) is 0 Å². The first kappa shape index (κ1) is 10.6. The Labute approximate surface area is 101 Å². The Kier molecular flexibility index (Phi) is 3.34. The summed E-state index contributed by atoms with van der Waals surface area (Å²) in [7, 11) is 0. The molecule has 2 nitrogen and oxygen atoms in total. The molecule has 0 N–H and O–H groups in total. The van der Waals surface area contributed by atoms with E-state index in [1.807, 2.05) is 30.3 Å². The van der Waals surface area contributed by atoms with Crippen molar-refractivity contribution < 1.29 is 0 Å². The third kappa shape index (κ3) is 3.01. The fraction of sp³-hybridized carbons (Fsp3) is 0.0909. The first-order valence-corrected chi connectivity index (χ1v) is 5.63. The number of aromatic nitrogens is 2. The van der Waals surface area contributed by atoms with Gasteiger partial charge in [0, 0.05) is 15.9 Å². The zero-order valence-corrected chi connectivity index (χ0v) is 10.2. The van der Waals surface area contributed by atoms with Crippen LogP contribution in [0.1, 0.15) is 11.3 Å². The average Bonchev–Trinajstić information content (AvgIpc) is 2.22. The number of rotatable bonds is 2. The van der Waals surface area contributed by atoms with E-state index in [1.54, 1.807) is 6.20 Å². The fourth-order valence-electron chi connectivity index (χ4n) is 1.28. The molecule has 1 heterocycles. The Bertz CT molecular complexity index is 456. The largest absolute Gasteiger partial charge is 0.158 e. The van der Waals surface area contributed by atoms with E-state index in [1.165, 1.54) is 5.56 Å². The van der Waals surface area contributed by atoms with E-state index in [0.29, 0.717) is 0 Å². The molecule has 0 aliphatic heterocycles. The molecule has 76 valence electrons. The SMILES string of the molecule is Clc1ccc(Cc2cc(Br)cnn2)cc1. The van der Waals surface area contributed by atoms with Crippen LogP contribution in [0, 0.1) is 0 Å². The molecule has 2 aromatic rings. The van der Waals surface area contributed by atoms with E-state index < -0.39 is 0 Å². The maximum absolute atomic E-state index is 5.80. The molecular weight excluding hydrogens is 275 g/mol. The maximum atomic E-state index is 5.80. The van der Waals surface area contributed by atoms with Crippen molar-refractivity contribution in [3.8, 4) is 0 Å². The van der Waals surface area contributed by atoms with E-state index in [2.05, 4.69) is 26.1 Å². The van der Waals surface area contributed by atoms with Crippen molar-refractivity contribution >= 4 is 27.5 Å². The van der Waals surface area contributed by atoms with Crippen LogP contribution in [0.15, 0.2) is 41.0 Å². The summed E-state index contributed by atoms with van der Waals surface area (Å²) in [6, 6.07) is 9.70. The van der Waals surface area contributed by atoms with Crippen LogP contribution in [0.5, 0.6) is 0 Å². The fourth-order valence-corrected chi connectivity index (χ4v) is 1.76. The molecule has 0 unspecified atom stereocenters. The minimum atomic E-state index is 0.749. The van der Waals surface area contributed by atoms with Crippen LogP contribution in [-0.2, 0) is 6.42 Å². The van der Waals surface area contributed by atoms with Crippen LogP contribution in [0.4, 0.5) is 0 Å². The summed E-state index contributed by atoms with van der Waals surface area (Å²) in [5.41, 5.74) is 2.11. The van der Waals surface area contributed by atoms with E-state index in [-0.39, 0.29) is 0 Å². The molecule has 0 saturated carbocycles. The lowest BCUT2D eigenvalue weighted by Crippen LogP contribution is -1.93. The van der Waals surface area contributed by atoms with Gasteiger partial charge >= 0.3 is 0 Å². The van der Waals surface area contributed by atoms with Gasteiger partial charge in [0.15, 0.2) is 0 Å². The number of hydrogen-bond acceptors (Lipinski definition) is 2. The minimum Gasteiger partial charge on any atom is -0.158 e. The summed E-state index contributed by atoms with van der Waals surface area (Å²) >= 11 is 9.17. The highest BCUT2D eigenvalue weighted by Crippen LogP contribution is 2.14. The van der Waals surface area contributed by atoms with Crippen molar-refractivity contribution in [3.63, 3.8) is 0 Å². The van der Waals surface area contributed by atoms with Gasteiger partial charge in [0.05, 0.1) is 11.9 Å². The molecule has 0 bridgehead atoms. The van der Waals surface area contributed by atoms with Crippen LogP contribution in [0.3, 0.4) is 0 Å². The molecule has 15 heavy (non-hydrogen) atoms. The predicted molar refractivity (Wildman–Crippen MR) is 64.0 cm³/mol. The van der Waals surface area contributed by atoms with Crippen LogP contribution in [-0.4, -0.2) is 10.2 Å². The summed E-state index contributed by atoms with van der Waals surface area (Å²) in [4.78, 5) is 0. The predicted octanol–water partition coefficient (Wildman–Crippen LogP) is 3.48. The monoisotopic (exact) mass is 282 g/mol. The third-order valence-corrected chi connectivity index (χ3v) is 2.66. The van der Waals surface area contributed by atoms with Crippen LogP contribution < -0.4 is 0 Å². The van der Waals surface area contributed by atoms with Gasteiger partial charge in [-0.05, 0) is 39.7 Å². The molecule has 4 heteroatoms. The minimum absolute atomic E-state index is 0.749. The summed E-state index contributed by atoms with van der Waals surface area (Å²) in [5.74, 6) is 0. The van der Waals surface area contributed by atoms with Gasteiger partial charge in [0.25, 0.3) is 0 Å². The van der Waals surface area contributed by atoms with Gasteiger partial charge in [0.1, 0.15) is 0 Å². The molecule has 1 aromatic carbocycles. The topological polar surface area (TPSA) is 25.8 Å². The number of hydrogen-bond donors (Lipinski definition) is 0. The van der Waals surface area contributed by atoms with Gasteiger partial charge in [-0.25, -0.2) is 0 Å². The Morgan fingerprint density at radius 1 is 1.20 bits per heavy atom. The van der Waals surface area contributed by atoms with Crippen molar-refractivity contribution in [3.05, 3.63) is 57.3 Å². The Morgan fingerprint density at radius 3 is 2.60 bits per heavy atom. The standard InChI is InChI=1S/C11H8BrClN2/c12-9-6-11(15-14-7-9)5-8-1-3-10(13)4-2-8/h1-4,6-7H,5H2. The second-order valence-corrected chi connectivity index (χ2v) is 4.52. The molecular formula is C11H8BrClN2. The molecule has 0 aliphatic rings. The zero-order chi connectivity index (χ0) is 10.7. The molecule has 2 rings (SSSR count). The van der Waals surface area contributed by atoms with Gasteiger partial charge in [-0.2, -0.15) is 10.2 Å². The smallest absolute Gasteiger partial charge is 0.0686 e. The van der Waals surface area contributed by atoms with E-state index >= 15 is 0 Å². The van der Waals surface area contributed by atoms with Crippen molar-refractivity contribution in [1.29, 1.82) is 0 Å². The van der Waals surface area contributed by atoms with Crippen molar-refractivity contribution in [1.82, 2.24) is 10.2 Å². The van der Waals surface area contributed by atoms with E-state index in [9.17, 15) is 0 Å². The second-order valence-electron chi connectivity index (χ2n) is 3.17. The molecule has 0 aliphatic carbocycles. The molecule has 1 aromatic heterocycles. The lowest BCUT2D eigenvalue weighted by atomic mass is 10.1. The van der Waals surface area contributed by atoms with Crippen molar-refractivity contribution in [2.24, 2.45) is 0 Å². The summed E-state index contributed by atoms with van der Waals surface area (Å²) < 4.78 is 0.946. The lowest BCUT2D eigenvalue weighted by Gasteiger charge is -2.00. The number of benzene rings is 1. The molecule has 0 amide bonds. The lowest BCUT2D eigenvalue weighted by molar-refractivity contribution is 0.931. The summed E-state index contributed by atoms with van der Waals surface area (Å²) in [6.45, 7) is 0. The van der Waals surface area contributed by atoms with Gasteiger partial charge in [0.2, 0.25) is 0 Å². The highest BCUT2D eigenvalue weighted by molar-refractivity contribution is 9.10. The van der Waals surface area contributed by atoms with Gasteiger partial charge < -0.3 is 0 Å². The zero-order valence-electron chi connectivity index (χ0n) is 7.82. The van der Waals surface area contributed by atoms with Crippen LogP contribution in [0.2, 0.25) is 5.02 Å². The first-order valence-electron chi connectivity index (χ1n) is 4.45. The van der Waals surface area contributed by atoms with Gasteiger partial charge in [-0.15, -0.1) is 0 Å². The molecule has 0 spiro atoms. The van der Waals surface area contributed by atoms with Gasteiger partial charge in [-0.3, -0.25) is 0 Å². The maximum Gasteiger partial charge on any atom is 0.0686 e. The highest BCUT2D eigenvalue weighted by atomic mass is 79.9. The number of nitrogens with zero attached hydrogens (tertiary/aromatic N) is 2. The molecule has 0 radical (unpaired) electrons.